The van der Waals surface area contributed by atoms with E-state index in [0.29, 0.717) is 23.4 Å². The normalized spacial score (nSPS) is 10.6. The second-order valence-corrected chi connectivity index (χ2v) is 4.03. The van der Waals surface area contributed by atoms with Gasteiger partial charge in [0.2, 0.25) is 0 Å². The highest BCUT2D eigenvalue weighted by molar-refractivity contribution is 6.32. The van der Waals surface area contributed by atoms with Crippen LogP contribution in [0.15, 0.2) is 18.2 Å². The molecular weight excluding hydrogens is 256 g/mol. The summed E-state index contributed by atoms with van der Waals surface area (Å²) in [5.74, 6) is -0.529. The number of carboxylic acid groups (broad SMARTS) is 1. The van der Waals surface area contributed by atoms with Gasteiger partial charge in [0.15, 0.2) is 10.8 Å². The van der Waals surface area contributed by atoms with Crippen molar-refractivity contribution in [3.63, 3.8) is 0 Å². The average molecular weight is 267 g/mol. The maximum Gasteiger partial charge on any atom is 0.357 e. The molecular formula is C12H11ClN2O3. The van der Waals surface area contributed by atoms with Crippen molar-refractivity contribution in [1.29, 1.82) is 0 Å². The lowest BCUT2D eigenvalue weighted by atomic mass is 10.2. The Kier molecular flexibility index (Phi) is 3.62. The van der Waals surface area contributed by atoms with Crippen molar-refractivity contribution >= 4 is 28.6 Å². The molecule has 0 amide bonds. The first-order valence-electron chi connectivity index (χ1n) is 5.45. The van der Waals surface area contributed by atoms with Crippen LogP contribution >= 0.6 is 11.6 Å². The second-order valence-electron chi connectivity index (χ2n) is 3.67. The molecule has 0 saturated heterocycles. The van der Waals surface area contributed by atoms with Gasteiger partial charge in [-0.3, -0.25) is 0 Å². The molecule has 0 radical (unpaired) electrons. The number of rotatable bonds is 4. The number of hydrogen-bond acceptors (Lipinski definition) is 4. The van der Waals surface area contributed by atoms with E-state index in [0.717, 1.165) is 6.42 Å². The van der Waals surface area contributed by atoms with Gasteiger partial charge in [-0.25, -0.2) is 14.8 Å². The molecule has 0 aliphatic rings. The first-order valence-corrected chi connectivity index (χ1v) is 5.83. The summed E-state index contributed by atoms with van der Waals surface area (Å²) < 4.78 is 5.45. The van der Waals surface area contributed by atoms with E-state index < -0.39 is 5.97 Å². The van der Waals surface area contributed by atoms with Gasteiger partial charge in [-0.05, 0) is 18.6 Å². The molecule has 0 unspecified atom stereocenters. The second kappa shape index (κ2) is 5.18. The summed E-state index contributed by atoms with van der Waals surface area (Å²) in [5, 5.41) is 8.76. The Morgan fingerprint density at radius 1 is 1.39 bits per heavy atom. The first-order chi connectivity index (χ1) is 8.61. The molecule has 2 rings (SSSR count). The number of aromatic carboxylic acids is 1. The number of halogens is 1. The number of benzene rings is 1. The minimum Gasteiger partial charge on any atom is -0.494 e. The lowest BCUT2D eigenvalue weighted by Gasteiger charge is -2.06. The third kappa shape index (κ3) is 2.51. The monoisotopic (exact) mass is 266 g/mol. The van der Waals surface area contributed by atoms with E-state index in [9.17, 15) is 4.79 Å². The van der Waals surface area contributed by atoms with Gasteiger partial charge in [0.25, 0.3) is 0 Å². The van der Waals surface area contributed by atoms with E-state index >= 15 is 0 Å². The van der Waals surface area contributed by atoms with Gasteiger partial charge in [-0.1, -0.05) is 18.5 Å². The van der Waals surface area contributed by atoms with Crippen LogP contribution in [0.25, 0.3) is 11.0 Å². The molecule has 1 aromatic carbocycles. The van der Waals surface area contributed by atoms with Gasteiger partial charge in [0.1, 0.15) is 5.75 Å². The Labute approximate surface area is 108 Å². The molecule has 0 aliphatic carbocycles. The predicted octanol–water partition coefficient (Wildman–Crippen LogP) is 2.77. The van der Waals surface area contributed by atoms with E-state index in [2.05, 4.69) is 9.97 Å². The van der Waals surface area contributed by atoms with E-state index in [-0.39, 0.29) is 10.8 Å². The fraction of sp³-hybridized carbons (Fsp3) is 0.250. The molecule has 0 bridgehead atoms. The lowest BCUT2D eigenvalue weighted by Crippen LogP contribution is -2.03. The van der Waals surface area contributed by atoms with Gasteiger partial charge in [-0.15, -0.1) is 0 Å². The maximum absolute atomic E-state index is 10.9. The van der Waals surface area contributed by atoms with Crippen LogP contribution in [0.1, 0.15) is 23.8 Å². The van der Waals surface area contributed by atoms with Crippen LogP contribution in [0.4, 0.5) is 0 Å². The maximum atomic E-state index is 10.9. The molecule has 5 nitrogen and oxygen atoms in total. The summed E-state index contributed by atoms with van der Waals surface area (Å²) in [6.07, 6.45) is 0.905. The van der Waals surface area contributed by atoms with Crippen molar-refractivity contribution in [2.45, 2.75) is 13.3 Å². The van der Waals surface area contributed by atoms with Crippen LogP contribution in [0.2, 0.25) is 5.15 Å². The standard InChI is InChI=1S/C12H11ClN2O3/c1-2-5-18-7-3-4-8-9(6-7)15-11(13)10(14-8)12(16)17/h3-4,6H,2,5H2,1H3,(H,16,17). The predicted molar refractivity (Wildman–Crippen MR) is 67.3 cm³/mol. The summed E-state index contributed by atoms with van der Waals surface area (Å²) >= 11 is 5.76. The van der Waals surface area contributed by atoms with Gasteiger partial charge in [0, 0.05) is 6.07 Å². The van der Waals surface area contributed by atoms with Crippen LogP contribution in [-0.4, -0.2) is 27.7 Å². The number of nitrogens with zero attached hydrogens (tertiary/aromatic N) is 2. The number of ether oxygens (including phenoxy) is 1. The van der Waals surface area contributed by atoms with Gasteiger partial charge in [-0.2, -0.15) is 0 Å². The fourth-order valence-corrected chi connectivity index (χ4v) is 1.67. The Balaban J connectivity index is 2.45. The van der Waals surface area contributed by atoms with E-state index in [4.69, 9.17) is 21.4 Å². The Bertz CT molecular complexity index is 601. The third-order valence-corrected chi connectivity index (χ3v) is 2.53. The molecule has 94 valence electrons. The third-order valence-electron chi connectivity index (χ3n) is 2.27. The van der Waals surface area contributed by atoms with Crippen molar-refractivity contribution in [3.05, 3.63) is 29.0 Å². The van der Waals surface area contributed by atoms with Crippen molar-refractivity contribution in [3.8, 4) is 5.75 Å². The van der Waals surface area contributed by atoms with Crippen LogP contribution in [0.3, 0.4) is 0 Å². The SMILES string of the molecule is CCCOc1ccc2nc(C(=O)O)c(Cl)nc2c1. The molecule has 18 heavy (non-hydrogen) atoms. The van der Waals surface area contributed by atoms with Crippen LogP contribution < -0.4 is 4.74 Å². The summed E-state index contributed by atoms with van der Waals surface area (Å²) in [6.45, 7) is 2.62. The van der Waals surface area contributed by atoms with E-state index in [1.54, 1.807) is 18.2 Å². The van der Waals surface area contributed by atoms with Gasteiger partial charge >= 0.3 is 5.97 Å². The fourth-order valence-electron chi connectivity index (χ4n) is 1.46. The zero-order valence-corrected chi connectivity index (χ0v) is 10.4. The molecule has 0 fully saturated rings. The van der Waals surface area contributed by atoms with Gasteiger partial charge in [0.05, 0.1) is 17.6 Å². The molecule has 0 atom stereocenters. The van der Waals surface area contributed by atoms with E-state index in [1.807, 2.05) is 6.92 Å². The molecule has 1 aromatic heterocycles. The summed E-state index contributed by atoms with van der Waals surface area (Å²) in [4.78, 5) is 18.8. The minimum absolute atomic E-state index is 0.123. The molecule has 1 N–H and O–H groups in total. The zero-order chi connectivity index (χ0) is 13.1. The Morgan fingerprint density at radius 2 is 2.17 bits per heavy atom. The van der Waals surface area contributed by atoms with Crippen LogP contribution in [0.5, 0.6) is 5.75 Å². The largest absolute Gasteiger partial charge is 0.494 e. The molecule has 0 saturated carbocycles. The van der Waals surface area contributed by atoms with Crippen LogP contribution in [0, 0.1) is 0 Å². The first kappa shape index (κ1) is 12.6. The lowest BCUT2D eigenvalue weighted by molar-refractivity contribution is 0.0690. The number of aromatic nitrogens is 2. The Morgan fingerprint density at radius 3 is 2.83 bits per heavy atom. The van der Waals surface area contributed by atoms with Gasteiger partial charge < -0.3 is 9.84 Å². The summed E-state index contributed by atoms with van der Waals surface area (Å²) in [6, 6.07) is 5.08. The molecule has 2 aromatic rings. The number of hydrogen-bond donors (Lipinski definition) is 1. The van der Waals surface area contributed by atoms with Crippen molar-refractivity contribution < 1.29 is 14.6 Å². The van der Waals surface area contributed by atoms with Crippen LogP contribution in [-0.2, 0) is 0 Å². The summed E-state index contributed by atoms with van der Waals surface area (Å²) in [5.41, 5.74) is 0.741. The molecule has 0 spiro atoms. The topological polar surface area (TPSA) is 72.3 Å². The molecule has 1 heterocycles. The highest BCUT2D eigenvalue weighted by Gasteiger charge is 2.13. The number of fused-ring (bicyclic) bond motifs is 1. The van der Waals surface area contributed by atoms with Crippen molar-refractivity contribution in [2.75, 3.05) is 6.61 Å². The summed E-state index contributed by atoms with van der Waals surface area (Å²) in [7, 11) is 0. The van der Waals surface area contributed by atoms with Crippen molar-refractivity contribution in [2.24, 2.45) is 0 Å². The molecule has 6 heteroatoms. The zero-order valence-electron chi connectivity index (χ0n) is 9.68. The Hall–Kier alpha value is -1.88. The van der Waals surface area contributed by atoms with E-state index in [1.165, 1.54) is 0 Å². The average Bonchev–Trinajstić information content (AvgIpc) is 2.34. The highest BCUT2D eigenvalue weighted by atomic mass is 35.5. The quantitative estimate of drug-likeness (QED) is 0.921. The minimum atomic E-state index is -1.19. The highest BCUT2D eigenvalue weighted by Crippen LogP contribution is 2.21. The smallest absolute Gasteiger partial charge is 0.357 e. The number of carboxylic acids is 1. The van der Waals surface area contributed by atoms with Crippen molar-refractivity contribution in [1.82, 2.24) is 9.97 Å². The number of carbonyl (C=O) groups is 1. The molecule has 0 aliphatic heterocycles.